The van der Waals surface area contributed by atoms with Crippen LogP contribution in [0.1, 0.15) is 15.4 Å². The molecule has 0 saturated carbocycles. The summed E-state index contributed by atoms with van der Waals surface area (Å²) in [6, 6.07) is 0.958. The summed E-state index contributed by atoms with van der Waals surface area (Å²) in [5, 5.41) is 2.20. The van der Waals surface area contributed by atoms with Crippen LogP contribution < -0.4 is 11.1 Å². The molecule has 0 radical (unpaired) electrons. The number of nitrogens with zero attached hydrogens (tertiary/aromatic N) is 1. The summed E-state index contributed by atoms with van der Waals surface area (Å²) in [6.07, 6.45) is 0. The molecule has 1 heterocycles. The van der Waals surface area contributed by atoms with Crippen molar-refractivity contribution in [2.45, 2.75) is 6.92 Å². The van der Waals surface area contributed by atoms with E-state index < -0.39 is 29.0 Å². The Bertz CT molecular complexity index is 634. The maximum Gasteiger partial charge on any atom is 0.267 e. The molecule has 0 saturated heterocycles. The number of hydrogen-bond donors (Lipinski definition) is 2. The summed E-state index contributed by atoms with van der Waals surface area (Å²) in [5.41, 5.74) is 5.06. The van der Waals surface area contributed by atoms with Crippen LogP contribution >= 0.6 is 11.3 Å². The summed E-state index contributed by atoms with van der Waals surface area (Å²) in [4.78, 5) is 15.8. The number of aromatic nitrogens is 1. The zero-order chi connectivity index (χ0) is 14.2. The monoisotopic (exact) mass is 287 g/mol. The summed E-state index contributed by atoms with van der Waals surface area (Å²) in [7, 11) is 0. The molecular weight excluding hydrogens is 279 g/mol. The summed E-state index contributed by atoms with van der Waals surface area (Å²) in [6.45, 7) is 1.54. The Kier molecular flexibility index (Phi) is 3.43. The second-order valence-corrected chi connectivity index (χ2v) is 4.70. The summed E-state index contributed by atoms with van der Waals surface area (Å²) < 4.78 is 39.4. The van der Waals surface area contributed by atoms with E-state index in [1.54, 1.807) is 6.92 Å². The number of nitrogens with one attached hydrogen (secondary N) is 1. The first-order valence-electron chi connectivity index (χ1n) is 5.07. The average Bonchev–Trinajstić information content (AvgIpc) is 2.62. The lowest BCUT2D eigenvalue weighted by Crippen LogP contribution is -2.14. The van der Waals surface area contributed by atoms with Gasteiger partial charge in [-0.2, -0.15) is 0 Å². The number of carbonyl (C=O) groups is 1. The minimum atomic E-state index is -1.19. The molecule has 0 unspecified atom stereocenters. The van der Waals surface area contributed by atoms with Gasteiger partial charge in [0.2, 0.25) is 0 Å². The standard InChI is InChI=1S/C11H8F3N3OS/c1-4-9(19-11(15)16-4)10(18)17-8-6(13)2-5(12)3-7(8)14/h2-3H,1H3,(H2,15,16)(H,17,18). The maximum absolute atomic E-state index is 13.4. The van der Waals surface area contributed by atoms with Gasteiger partial charge in [-0.1, -0.05) is 11.3 Å². The Labute approximate surface area is 110 Å². The molecule has 100 valence electrons. The molecule has 1 amide bonds. The van der Waals surface area contributed by atoms with Crippen molar-refractivity contribution in [2.75, 3.05) is 11.1 Å². The van der Waals surface area contributed by atoms with E-state index in [2.05, 4.69) is 4.98 Å². The molecule has 0 spiro atoms. The Morgan fingerprint density at radius 1 is 1.32 bits per heavy atom. The van der Waals surface area contributed by atoms with Crippen LogP contribution in [-0.4, -0.2) is 10.9 Å². The van der Waals surface area contributed by atoms with Gasteiger partial charge in [0.05, 0.1) is 5.69 Å². The lowest BCUT2D eigenvalue weighted by atomic mass is 10.2. The molecule has 19 heavy (non-hydrogen) atoms. The molecule has 2 aromatic rings. The third-order valence-electron chi connectivity index (χ3n) is 2.26. The van der Waals surface area contributed by atoms with Gasteiger partial charge in [-0.15, -0.1) is 0 Å². The molecule has 0 aliphatic heterocycles. The van der Waals surface area contributed by atoms with Gasteiger partial charge in [-0.05, 0) is 6.92 Å². The Morgan fingerprint density at radius 2 is 1.89 bits per heavy atom. The number of benzene rings is 1. The fraction of sp³-hybridized carbons (Fsp3) is 0.0909. The first-order chi connectivity index (χ1) is 8.88. The van der Waals surface area contributed by atoms with Gasteiger partial charge in [-0.3, -0.25) is 4.79 Å². The first kappa shape index (κ1) is 13.3. The second kappa shape index (κ2) is 4.88. The number of thiazole rings is 1. The van der Waals surface area contributed by atoms with Crippen molar-refractivity contribution in [3.8, 4) is 0 Å². The molecule has 3 N–H and O–H groups in total. The largest absolute Gasteiger partial charge is 0.375 e. The van der Waals surface area contributed by atoms with E-state index >= 15 is 0 Å². The van der Waals surface area contributed by atoms with E-state index in [9.17, 15) is 18.0 Å². The maximum atomic E-state index is 13.4. The molecule has 0 atom stereocenters. The lowest BCUT2D eigenvalue weighted by molar-refractivity contribution is 0.102. The Hall–Kier alpha value is -2.09. The number of rotatable bonds is 2. The highest BCUT2D eigenvalue weighted by molar-refractivity contribution is 7.17. The number of amides is 1. The minimum absolute atomic E-state index is 0.139. The molecule has 0 bridgehead atoms. The predicted octanol–water partition coefficient (Wildman–Crippen LogP) is 2.70. The zero-order valence-corrected chi connectivity index (χ0v) is 10.4. The average molecular weight is 287 g/mol. The van der Waals surface area contributed by atoms with Crippen molar-refractivity contribution < 1.29 is 18.0 Å². The van der Waals surface area contributed by atoms with Gasteiger partial charge >= 0.3 is 0 Å². The molecular formula is C11H8F3N3OS. The first-order valence-corrected chi connectivity index (χ1v) is 5.89. The van der Waals surface area contributed by atoms with Gasteiger partial charge in [0.25, 0.3) is 5.91 Å². The smallest absolute Gasteiger partial charge is 0.267 e. The quantitative estimate of drug-likeness (QED) is 0.892. The topological polar surface area (TPSA) is 68.0 Å². The van der Waals surface area contributed by atoms with E-state index in [1.165, 1.54) is 0 Å². The van der Waals surface area contributed by atoms with E-state index in [1.807, 2.05) is 5.32 Å². The van der Waals surface area contributed by atoms with Gasteiger partial charge in [-0.25, -0.2) is 18.2 Å². The van der Waals surface area contributed by atoms with Gasteiger partial charge < -0.3 is 11.1 Å². The normalized spacial score (nSPS) is 10.5. The van der Waals surface area contributed by atoms with Gasteiger partial charge in [0, 0.05) is 12.1 Å². The van der Waals surface area contributed by atoms with Crippen molar-refractivity contribution in [3.63, 3.8) is 0 Å². The molecule has 0 fully saturated rings. The molecule has 4 nitrogen and oxygen atoms in total. The van der Waals surface area contributed by atoms with Crippen molar-refractivity contribution >= 4 is 28.1 Å². The van der Waals surface area contributed by atoms with Gasteiger partial charge in [0.15, 0.2) is 16.8 Å². The van der Waals surface area contributed by atoms with Crippen LogP contribution in [0.25, 0.3) is 0 Å². The van der Waals surface area contributed by atoms with Crippen LogP contribution in [0, 0.1) is 24.4 Å². The van der Waals surface area contributed by atoms with Gasteiger partial charge in [0.1, 0.15) is 16.4 Å². The minimum Gasteiger partial charge on any atom is -0.375 e. The van der Waals surface area contributed by atoms with E-state index in [-0.39, 0.29) is 10.0 Å². The molecule has 1 aromatic carbocycles. The van der Waals surface area contributed by atoms with Crippen molar-refractivity contribution in [1.82, 2.24) is 4.98 Å². The molecule has 0 aliphatic carbocycles. The second-order valence-electron chi connectivity index (χ2n) is 3.67. The number of nitrogens with two attached hydrogens (primary N) is 1. The van der Waals surface area contributed by atoms with Crippen LogP contribution in [0.4, 0.5) is 24.0 Å². The van der Waals surface area contributed by atoms with Crippen molar-refractivity contribution in [1.29, 1.82) is 0 Å². The van der Waals surface area contributed by atoms with E-state index in [0.717, 1.165) is 11.3 Å². The van der Waals surface area contributed by atoms with Crippen LogP contribution in [-0.2, 0) is 0 Å². The summed E-state index contributed by atoms with van der Waals surface area (Å²) >= 11 is 0.892. The number of aryl methyl sites for hydroxylation is 1. The molecule has 0 aliphatic rings. The third kappa shape index (κ3) is 2.68. The highest BCUT2D eigenvalue weighted by Gasteiger charge is 2.19. The molecule has 8 heteroatoms. The SMILES string of the molecule is Cc1nc(N)sc1C(=O)Nc1c(F)cc(F)cc1F. The van der Waals surface area contributed by atoms with Crippen LogP contribution in [0.2, 0.25) is 0 Å². The number of carbonyl (C=O) groups excluding carboxylic acids is 1. The predicted molar refractivity (Wildman–Crippen MR) is 65.5 cm³/mol. The third-order valence-corrected chi connectivity index (χ3v) is 3.25. The molecule has 1 aromatic heterocycles. The number of nitrogen functional groups attached to an aromatic ring is 1. The van der Waals surface area contributed by atoms with E-state index in [4.69, 9.17) is 5.73 Å². The zero-order valence-electron chi connectivity index (χ0n) is 9.63. The van der Waals surface area contributed by atoms with Crippen LogP contribution in [0.15, 0.2) is 12.1 Å². The number of halogens is 3. The van der Waals surface area contributed by atoms with E-state index in [0.29, 0.717) is 17.8 Å². The van der Waals surface area contributed by atoms with Crippen molar-refractivity contribution in [3.05, 3.63) is 40.2 Å². The lowest BCUT2D eigenvalue weighted by Gasteiger charge is -2.06. The number of hydrogen-bond acceptors (Lipinski definition) is 4. The highest BCUT2D eigenvalue weighted by atomic mass is 32.1. The Balaban J connectivity index is 2.32. The summed E-state index contributed by atoms with van der Waals surface area (Å²) in [5.74, 6) is -4.20. The molecule has 2 rings (SSSR count). The Morgan fingerprint density at radius 3 is 2.37 bits per heavy atom. The fourth-order valence-corrected chi connectivity index (χ4v) is 2.19. The van der Waals surface area contributed by atoms with Crippen molar-refractivity contribution in [2.24, 2.45) is 0 Å². The number of anilines is 2. The van der Waals surface area contributed by atoms with Crippen LogP contribution in [0.3, 0.4) is 0 Å². The van der Waals surface area contributed by atoms with Crippen LogP contribution in [0.5, 0.6) is 0 Å². The fourth-order valence-electron chi connectivity index (χ4n) is 1.46. The highest BCUT2D eigenvalue weighted by Crippen LogP contribution is 2.24.